The van der Waals surface area contributed by atoms with Gasteiger partial charge in [-0.2, -0.15) is 5.10 Å². The molecule has 0 fully saturated rings. The number of nitrogens with zero attached hydrogens (tertiary/aromatic N) is 2. The lowest BCUT2D eigenvalue weighted by molar-refractivity contribution is 0.0955. The zero-order valence-electron chi connectivity index (χ0n) is 21.4. The van der Waals surface area contributed by atoms with E-state index in [1.54, 1.807) is 30.5 Å². The van der Waals surface area contributed by atoms with E-state index in [1.165, 1.54) is 0 Å². The smallest absolute Gasteiger partial charge is 0.271 e. The molecular formula is C32H24BrCl2N3O2. The fraction of sp³-hybridized carbons (Fsp3) is 0.0625. The first-order valence-corrected chi connectivity index (χ1v) is 14.0. The molecule has 1 aromatic heterocycles. The van der Waals surface area contributed by atoms with E-state index in [0.717, 1.165) is 38.2 Å². The molecule has 0 bridgehead atoms. The number of hydrogen-bond donors (Lipinski definition) is 1. The third kappa shape index (κ3) is 6.48. The fourth-order valence-corrected chi connectivity index (χ4v) is 5.04. The van der Waals surface area contributed by atoms with Gasteiger partial charge in [-0.3, -0.25) is 4.79 Å². The molecule has 1 heterocycles. The molecule has 1 N–H and O–H groups in total. The van der Waals surface area contributed by atoms with Crippen molar-refractivity contribution in [1.82, 2.24) is 9.99 Å². The maximum Gasteiger partial charge on any atom is 0.271 e. The van der Waals surface area contributed by atoms with Crippen LogP contribution in [0.4, 0.5) is 0 Å². The summed E-state index contributed by atoms with van der Waals surface area (Å²) in [5, 5.41) is 5.11. The van der Waals surface area contributed by atoms with Crippen molar-refractivity contribution in [2.24, 2.45) is 5.10 Å². The number of amides is 1. The molecule has 40 heavy (non-hydrogen) atoms. The first kappa shape index (κ1) is 27.7. The van der Waals surface area contributed by atoms with Crippen LogP contribution >= 0.6 is 39.1 Å². The van der Waals surface area contributed by atoms with Gasteiger partial charge in [0.2, 0.25) is 0 Å². The summed E-state index contributed by atoms with van der Waals surface area (Å²) in [5.74, 6) is 0.372. The predicted octanol–water partition coefficient (Wildman–Crippen LogP) is 8.86. The Morgan fingerprint density at radius 2 is 1.70 bits per heavy atom. The van der Waals surface area contributed by atoms with E-state index in [4.69, 9.17) is 27.9 Å². The lowest BCUT2D eigenvalue weighted by atomic mass is 10.1. The molecule has 0 spiro atoms. The van der Waals surface area contributed by atoms with Crippen molar-refractivity contribution in [3.05, 3.63) is 140 Å². The van der Waals surface area contributed by atoms with Gasteiger partial charge in [0.05, 0.1) is 26.4 Å². The molecule has 5 aromatic rings. The van der Waals surface area contributed by atoms with Gasteiger partial charge in [-0.05, 0) is 106 Å². The lowest BCUT2D eigenvalue weighted by Crippen LogP contribution is -2.17. The molecule has 0 aliphatic carbocycles. The van der Waals surface area contributed by atoms with Crippen LogP contribution in [0.25, 0.3) is 16.9 Å². The summed E-state index contributed by atoms with van der Waals surface area (Å²) < 4.78 is 8.81. The van der Waals surface area contributed by atoms with Gasteiger partial charge in [-0.25, -0.2) is 5.43 Å². The van der Waals surface area contributed by atoms with E-state index in [1.807, 2.05) is 54.6 Å². The number of aromatic nitrogens is 1. The van der Waals surface area contributed by atoms with Gasteiger partial charge in [-0.15, -0.1) is 0 Å². The maximum atomic E-state index is 12.7. The van der Waals surface area contributed by atoms with E-state index in [9.17, 15) is 4.79 Å². The Morgan fingerprint density at radius 1 is 0.925 bits per heavy atom. The molecule has 8 heteroatoms. The van der Waals surface area contributed by atoms with Gasteiger partial charge in [0.15, 0.2) is 0 Å². The second kappa shape index (κ2) is 12.6. The highest BCUT2D eigenvalue weighted by Crippen LogP contribution is 2.29. The minimum atomic E-state index is -0.295. The third-order valence-electron chi connectivity index (χ3n) is 6.25. The summed E-state index contributed by atoms with van der Waals surface area (Å²) in [4.78, 5) is 12.7. The summed E-state index contributed by atoms with van der Waals surface area (Å²) in [7, 11) is 0. The van der Waals surface area contributed by atoms with Crippen molar-refractivity contribution < 1.29 is 9.53 Å². The summed E-state index contributed by atoms with van der Waals surface area (Å²) in [6.45, 7) is 2.41. The lowest BCUT2D eigenvalue weighted by Gasteiger charge is -2.12. The van der Waals surface area contributed by atoms with E-state index in [2.05, 4.69) is 62.2 Å². The molecule has 0 radical (unpaired) electrons. The Balaban J connectivity index is 1.20. The molecule has 0 saturated heterocycles. The van der Waals surface area contributed by atoms with E-state index in [-0.39, 0.29) is 5.91 Å². The first-order valence-electron chi connectivity index (χ1n) is 12.4. The van der Waals surface area contributed by atoms with Gasteiger partial charge in [0.25, 0.3) is 5.91 Å². The highest BCUT2D eigenvalue weighted by molar-refractivity contribution is 9.10. The number of rotatable bonds is 8. The number of ether oxygens (including phenoxy) is 1. The number of aryl methyl sites for hydroxylation is 1. The predicted molar refractivity (Wildman–Crippen MR) is 166 cm³/mol. The van der Waals surface area contributed by atoms with Gasteiger partial charge in [0, 0.05) is 16.9 Å². The van der Waals surface area contributed by atoms with Crippen LogP contribution in [0.2, 0.25) is 10.0 Å². The zero-order chi connectivity index (χ0) is 28.1. The zero-order valence-corrected chi connectivity index (χ0v) is 24.5. The van der Waals surface area contributed by atoms with Crippen molar-refractivity contribution in [2.45, 2.75) is 13.5 Å². The maximum absolute atomic E-state index is 12.7. The average molecular weight is 633 g/mol. The second-order valence-corrected chi connectivity index (χ2v) is 10.7. The molecule has 0 aliphatic heterocycles. The molecular weight excluding hydrogens is 609 g/mol. The minimum absolute atomic E-state index is 0.295. The number of hydrazone groups is 1. The van der Waals surface area contributed by atoms with Crippen molar-refractivity contribution in [3.8, 4) is 22.7 Å². The van der Waals surface area contributed by atoms with Gasteiger partial charge >= 0.3 is 0 Å². The molecule has 5 nitrogen and oxygen atoms in total. The van der Waals surface area contributed by atoms with Crippen molar-refractivity contribution in [3.63, 3.8) is 0 Å². The van der Waals surface area contributed by atoms with Crippen molar-refractivity contribution in [1.29, 1.82) is 0 Å². The average Bonchev–Trinajstić information content (AvgIpc) is 3.36. The molecule has 1 amide bonds. The fourth-order valence-electron chi connectivity index (χ4n) is 4.21. The van der Waals surface area contributed by atoms with Crippen molar-refractivity contribution >= 4 is 51.3 Å². The highest BCUT2D eigenvalue weighted by Gasteiger charge is 2.11. The number of carbonyl (C=O) groups is 1. The Kier molecular flexibility index (Phi) is 8.70. The Bertz CT molecular complexity index is 1680. The van der Waals surface area contributed by atoms with Crippen LogP contribution in [0, 0.1) is 6.92 Å². The number of carbonyl (C=O) groups excluding carboxylic acids is 1. The number of halogens is 3. The summed E-state index contributed by atoms with van der Waals surface area (Å²) in [6, 6.07) is 32.8. The van der Waals surface area contributed by atoms with E-state index < -0.39 is 0 Å². The molecule has 0 unspecified atom stereocenters. The number of nitrogens with one attached hydrogen (secondary N) is 1. The summed E-state index contributed by atoms with van der Waals surface area (Å²) >= 11 is 15.6. The molecule has 5 rings (SSSR count). The minimum Gasteiger partial charge on any atom is -0.488 e. The normalized spacial score (nSPS) is 11.1. The SMILES string of the molecule is Cc1ccc(-c2ccccc2)n1-c1ccc(C(=O)N/N=C/c2ccc(OCc3ccc(Cl)c(Cl)c3)c(Br)c2)cc1. The van der Waals surface area contributed by atoms with Crippen LogP contribution < -0.4 is 10.2 Å². The topological polar surface area (TPSA) is 55.6 Å². The van der Waals surface area contributed by atoms with Gasteiger partial charge in [-0.1, -0.05) is 59.6 Å². The van der Waals surface area contributed by atoms with Crippen LogP contribution in [0.3, 0.4) is 0 Å². The van der Waals surface area contributed by atoms with E-state index in [0.29, 0.717) is 28.0 Å². The largest absolute Gasteiger partial charge is 0.488 e. The molecule has 0 saturated carbocycles. The summed E-state index contributed by atoms with van der Waals surface area (Å²) in [6.07, 6.45) is 1.58. The number of benzene rings is 4. The number of hydrogen-bond acceptors (Lipinski definition) is 3. The Hall–Kier alpha value is -3.84. The first-order chi connectivity index (χ1) is 19.4. The van der Waals surface area contributed by atoms with Crippen molar-refractivity contribution in [2.75, 3.05) is 0 Å². The van der Waals surface area contributed by atoms with Crippen LogP contribution in [0.15, 0.2) is 113 Å². The molecule has 200 valence electrons. The molecule has 0 atom stereocenters. The Labute approximate surface area is 251 Å². The van der Waals surface area contributed by atoms with Crippen LogP contribution in [0.5, 0.6) is 5.75 Å². The second-order valence-electron chi connectivity index (χ2n) is 9.03. The summed E-state index contributed by atoms with van der Waals surface area (Å²) in [5.41, 5.74) is 9.12. The van der Waals surface area contributed by atoms with Crippen LogP contribution in [-0.2, 0) is 6.61 Å². The molecule has 0 aliphatic rings. The third-order valence-corrected chi connectivity index (χ3v) is 7.61. The van der Waals surface area contributed by atoms with Gasteiger partial charge < -0.3 is 9.30 Å². The quantitative estimate of drug-likeness (QED) is 0.137. The monoisotopic (exact) mass is 631 g/mol. The standard InChI is InChI=1S/C32H24BrCl2N3O2/c1-21-7-15-30(24-5-3-2-4-6-24)38(21)26-12-10-25(11-13-26)32(39)37-36-19-22-9-16-31(27(33)17-22)40-20-23-8-14-28(34)29(35)18-23/h2-19H,20H2,1H3,(H,37,39)/b36-19+. The van der Waals surface area contributed by atoms with E-state index >= 15 is 0 Å². The van der Waals surface area contributed by atoms with Gasteiger partial charge in [0.1, 0.15) is 12.4 Å². The van der Waals surface area contributed by atoms with Crippen LogP contribution in [-0.4, -0.2) is 16.7 Å². The molecule has 4 aromatic carbocycles. The Morgan fingerprint density at radius 3 is 2.42 bits per heavy atom. The highest BCUT2D eigenvalue weighted by atomic mass is 79.9. The van der Waals surface area contributed by atoms with Crippen LogP contribution in [0.1, 0.15) is 27.2 Å².